The molecule has 0 radical (unpaired) electrons. The second kappa shape index (κ2) is 8.49. The smallest absolute Gasteiger partial charge is 0.0353 e. The van der Waals surface area contributed by atoms with Crippen LogP contribution in [0.1, 0.15) is 48.5 Å². The Morgan fingerprint density at radius 2 is 1.92 bits per heavy atom. The van der Waals surface area contributed by atoms with Crippen LogP contribution in [0.15, 0.2) is 53.2 Å². The average Bonchev–Trinajstić information content (AvgIpc) is 3.36. The van der Waals surface area contributed by atoms with Crippen molar-refractivity contribution < 1.29 is 5.21 Å². The number of fused-ring (bicyclic) bond motifs is 1. The van der Waals surface area contributed by atoms with Gasteiger partial charge in [-0.2, -0.15) is 5.06 Å². The van der Waals surface area contributed by atoms with Crippen molar-refractivity contribution in [3.05, 3.63) is 63.7 Å². The number of benzene rings is 1. The highest BCUT2D eigenvalue weighted by Crippen LogP contribution is 2.30. The SMILES string of the molecule is ON(CC(C=Cc1csc2ccccc12)c1cccs1)C1CCCCC1. The highest BCUT2D eigenvalue weighted by molar-refractivity contribution is 7.17. The minimum absolute atomic E-state index is 0.223. The Kier molecular flexibility index (Phi) is 5.85. The fourth-order valence-corrected chi connectivity index (χ4v) is 5.55. The fraction of sp³-hybridized carbons (Fsp3) is 0.364. The molecule has 1 unspecified atom stereocenters. The summed E-state index contributed by atoms with van der Waals surface area (Å²) in [5.41, 5.74) is 1.27. The molecule has 4 heteroatoms. The Hall–Kier alpha value is -1.46. The molecule has 0 saturated heterocycles. The molecular weight excluding hydrogens is 358 g/mol. The van der Waals surface area contributed by atoms with Crippen molar-refractivity contribution >= 4 is 38.8 Å². The maximum atomic E-state index is 10.7. The lowest BCUT2D eigenvalue weighted by Crippen LogP contribution is -2.36. The predicted molar refractivity (Wildman–Crippen MR) is 113 cm³/mol. The van der Waals surface area contributed by atoms with Gasteiger partial charge >= 0.3 is 0 Å². The van der Waals surface area contributed by atoms with Crippen molar-refractivity contribution in [1.82, 2.24) is 5.06 Å². The molecule has 1 aliphatic carbocycles. The van der Waals surface area contributed by atoms with E-state index in [4.69, 9.17) is 0 Å². The van der Waals surface area contributed by atoms with Crippen molar-refractivity contribution in [2.45, 2.75) is 44.1 Å². The van der Waals surface area contributed by atoms with Gasteiger partial charge in [-0.15, -0.1) is 22.7 Å². The number of hydroxylamine groups is 2. The van der Waals surface area contributed by atoms with Crippen LogP contribution >= 0.6 is 22.7 Å². The van der Waals surface area contributed by atoms with E-state index in [-0.39, 0.29) is 5.92 Å². The molecule has 4 rings (SSSR count). The van der Waals surface area contributed by atoms with Crippen LogP contribution in [-0.4, -0.2) is 22.9 Å². The van der Waals surface area contributed by atoms with E-state index in [1.807, 2.05) is 0 Å². The van der Waals surface area contributed by atoms with Crippen LogP contribution in [-0.2, 0) is 0 Å². The number of rotatable bonds is 6. The van der Waals surface area contributed by atoms with E-state index in [1.54, 1.807) is 27.7 Å². The van der Waals surface area contributed by atoms with Gasteiger partial charge in [-0.25, -0.2) is 0 Å². The fourth-order valence-electron chi connectivity index (χ4n) is 3.82. The average molecular weight is 384 g/mol. The van der Waals surface area contributed by atoms with E-state index in [1.165, 1.54) is 39.8 Å². The van der Waals surface area contributed by atoms with E-state index in [0.717, 1.165) is 12.8 Å². The second-order valence-electron chi connectivity index (χ2n) is 7.08. The first-order valence-corrected chi connectivity index (χ1v) is 11.2. The Morgan fingerprint density at radius 1 is 1.08 bits per heavy atom. The first-order valence-electron chi connectivity index (χ1n) is 9.44. The van der Waals surface area contributed by atoms with Crippen LogP contribution in [0, 0.1) is 0 Å². The van der Waals surface area contributed by atoms with E-state index in [9.17, 15) is 5.21 Å². The Bertz CT molecular complexity index is 846. The van der Waals surface area contributed by atoms with Crippen molar-refractivity contribution in [3.8, 4) is 0 Å². The molecule has 1 atom stereocenters. The molecule has 3 aromatic rings. The summed E-state index contributed by atoms with van der Waals surface area (Å²) in [4.78, 5) is 1.32. The number of nitrogens with zero attached hydrogens (tertiary/aromatic N) is 1. The minimum Gasteiger partial charge on any atom is -0.314 e. The van der Waals surface area contributed by atoms with Crippen molar-refractivity contribution in [2.24, 2.45) is 0 Å². The van der Waals surface area contributed by atoms with Crippen molar-refractivity contribution in [2.75, 3.05) is 6.54 Å². The summed E-state index contributed by atoms with van der Waals surface area (Å²) in [5.74, 6) is 0.223. The van der Waals surface area contributed by atoms with Crippen LogP contribution in [0.25, 0.3) is 16.2 Å². The molecule has 0 spiro atoms. The first kappa shape index (κ1) is 17.9. The normalized spacial score (nSPS) is 17.5. The summed E-state index contributed by atoms with van der Waals surface area (Å²) in [7, 11) is 0. The van der Waals surface area contributed by atoms with Gasteiger partial charge in [-0.1, -0.05) is 55.7 Å². The van der Waals surface area contributed by atoms with Crippen LogP contribution in [0.5, 0.6) is 0 Å². The quantitative estimate of drug-likeness (QED) is 0.474. The summed E-state index contributed by atoms with van der Waals surface area (Å²) in [6.07, 6.45) is 10.5. The molecule has 2 heterocycles. The maximum absolute atomic E-state index is 10.7. The molecule has 2 nitrogen and oxygen atoms in total. The molecule has 2 aromatic heterocycles. The third kappa shape index (κ3) is 4.09. The number of thiophene rings is 2. The molecule has 1 aromatic carbocycles. The third-order valence-electron chi connectivity index (χ3n) is 5.31. The summed E-state index contributed by atoms with van der Waals surface area (Å²) < 4.78 is 1.32. The Balaban J connectivity index is 1.53. The molecule has 1 aliphatic rings. The summed E-state index contributed by atoms with van der Waals surface area (Å²) in [5, 5.41) is 18.0. The zero-order chi connectivity index (χ0) is 17.8. The first-order chi connectivity index (χ1) is 12.8. The van der Waals surface area contributed by atoms with Crippen LogP contribution < -0.4 is 0 Å². The molecule has 1 N–H and O–H groups in total. The standard InChI is InChI=1S/C22H25NOS2/c24-23(19-7-2-1-3-8-19)15-17(21-11-6-14-25-21)12-13-18-16-26-22-10-5-4-9-20(18)22/h4-6,9-14,16-17,19,24H,1-3,7-8,15H2. The molecule has 0 bridgehead atoms. The number of hydrogen-bond acceptors (Lipinski definition) is 4. The second-order valence-corrected chi connectivity index (χ2v) is 8.97. The molecule has 136 valence electrons. The Morgan fingerprint density at radius 3 is 2.73 bits per heavy atom. The van der Waals surface area contributed by atoms with Crippen molar-refractivity contribution in [3.63, 3.8) is 0 Å². The van der Waals surface area contributed by atoms with Gasteiger partial charge in [0.2, 0.25) is 0 Å². The molecular formula is C22H25NOS2. The van der Waals surface area contributed by atoms with E-state index in [2.05, 4.69) is 59.3 Å². The monoisotopic (exact) mass is 383 g/mol. The summed E-state index contributed by atoms with van der Waals surface area (Å²) in [6, 6.07) is 13.2. The van der Waals surface area contributed by atoms with Crippen LogP contribution in [0.4, 0.5) is 0 Å². The van der Waals surface area contributed by atoms with Crippen molar-refractivity contribution in [1.29, 1.82) is 0 Å². The largest absolute Gasteiger partial charge is 0.314 e. The Labute approximate surface area is 163 Å². The molecule has 0 aliphatic heterocycles. The highest BCUT2D eigenvalue weighted by atomic mass is 32.1. The summed E-state index contributed by atoms with van der Waals surface area (Å²) in [6.45, 7) is 0.670. The van der Waals surface area contributed by atoms with E-state index >= 15 is 0 Å². The lowest BCUT2D eigenvalue weighted by Gasteiger charge is -2.31. The zero-order valence-electron chi connectivity index (χ0n) is 14.9. The minimum atomic E-state index is 0.223. The number of hydrogen-bond donors (Lipinski definition) is 1. The van der Waals surface area contributed by atoms with Gasteiger partial charge in [0.15, 0.2) is 0 Å². The summed E-state index contributed by atoms with van der Waals surface area (Å²) >= 11 is 3.57. The van der Waals surface area contributed by atoms with Gasteiger partial charge in [0, 0.05) is 28.1 Å². The van der Waals surface area contributed by atoms with Gasteiger partial charge in [-0.3, -0.25) is 0 Å². The molecule has 26 heavy (non-hydrogen) atoms. The predicted octanol–water partition coefficient (Wildman–Crippen LogP) is 6.78. The lowest BCUT2D eigenvalue weighted by atomic mass is 9.94. The van der Waals surface area contributed by atoms with Gasteiger partial charge in [0.05, 0.1) is 0 Å². The van der Waals surface area contributed by atoms with Crippen LogP contribution in [0.2, 0.25) is 0 Å². The van der Waals surface area contributed by atoms with Gasteiger partial charge in [-0.05, 0) is 46.7 Å². The van der Waals surface area contributed by atoms with Gasteiger partial charge < -0.3 is 5.21 Å². The van der Waals surface area contributed by atoms with Gasteiger partial charge in [0.25, 0.3) is 0 Å². The van der Waals surface area contributed by atoms with Crippen LogP contribution in [0.3, 0.4) is 0 Å². The van der Waals surface area contributed by atoms with E-state index < -0.39 is 0 Å². The lowest BCUT2D eigenvalue weighted by molar-refractivity contribution is -0.136. The van der Waals surface area contributed by atoms with Gasteiger partial charge in [0.1, 0.15) is 0 Å². The maximum Gasteiger partial charge on any atom is 0.0353 e. The molecule has 1 fully saturated rings. The topological polar surface area (TPSA) is 23.5 Å². The third-order valence-corrected chi connectivity index (χ3v) is 7.29. The molecule has 0 amide bonds. The molecule has 1 saturated carbocycles. The zero-order valence-corrected chi connectivity index (χ0v) is 16.5. The van der Waals surface area contributed by atoms with E-state index in [0.29, 0.717) is 12.6 Å². The highest BCUT2D eigenvalue weighted by Gasteiger charge is 2.22.